The van der Waals surface area contributed by atoms with Gasteiger partial charge in [0.2, 0.25) is 0 Å². The van der Waals surface area contributed by atoms with E-state index < -0.39 is 10.0 Å². The summed E-state index contributed by atoms with van der Waals surface area (Å²) in [6, 6.07) is 3.94. The molecule has 3 rings (SSSR count). The molecule has 1 heterocycles. The lowest BCUT2D eigenvalue weighted by atomic mass is 10.4. The van der Waals surface area contributed by atoms with E-state index in [2.05, 4.69) is 5.32 Å². The predicted octanol–water partition coefficient (Wildman–Crippen LogP) is 2.03. The van der Waals surface area contributed by atoms with E-state index in [1.807, 2.05) is 13.1 Å². The summed E-state index contributed by atoms with van der Waals surface area (Å²) in [5, 5.41) is 3.06. The normalized spacial score (nSPS) is 20.1. The Balaban J connectivity index is 1.81. The summed E-state index contributed by atoms with van der Waals surface area (Å²) in [7, 11) is -1.39. The second-order valence-electron chi connectivity index (χ2n) is 5.50. The number of hydrogen-bond donors (Lipinski definition) is 1. The first-order valence-electron chi connectivity index (χ1n) is 6.86. The Morgan fingerprint density at radius 2 is 2.05 bits per heavy atom. The van der Waals surface area contributed by atoms with E-state index in [9.17, 15) is 8.42 Å². The first-order chi connectivity index (χ1) is 9.11. The SMILES string of the molecule is CNCc1ccc(S(=O)(=O)N(CC2CC2)C2CC2)s1. The van der Waals surface area contributed by atoms with Crippen molar-refractivity contribution in [1.29, 1.82) is 0 Å². The van der Waals surface area contributed by atoms with Crippen LogP contribution >= 0.6 is 11.3 Å². The minimum absolute atomic E-state index is 0.264. The van der Waals surface area contributed by atoms with Gasteiger partial charge in [0.1, 0.15) is 4.21 Å². The molecular formula is C13H20N2O2S2. The third-order valence-electron chi connectivity index (χ3n) is 3.64. The van der Waals surface area contributed by atoms with Crippen molar-refractivity contribution in [3.63, 3.8) is 0 Å². The fraction of sp³-hybridized carbons (Fsp3) is 0.692. The maximum atomic E-state index is 12.7. The first kappa shape index (κ1) is 13.5. The van der Waals surface area contributed by atoms with E-state index in [-0.39, 0.29) is 6.04 Å². The van der Waals surface area contributed by atoms with Gasteiger partial charge in [-0.15, -0.1) is 11.3 Å². The molecule has 0 amide bonds. The molecular weight excluding hydrogens is 280 g/mol. The number of hydrogen-bond acceptors (Lipinski definition) is 4. The van der Waals surface area contributed by atoms with Crippen LogP contribution in [0.25, 0.3) is 0 Å². The molecule has 6 heteroatoms. The van der Waals surface area contributed by atoms with Gasteiger partial charge in [-0.2, -0.15) is 4.31 Å². The van der Waals surface area contributed by atoms with Crippen LogP contribution in [0.2, 0.25) is 0 Å². The van der Waals surface area contributed by atoms with Gasteiger partial charge in [0.25, 0.3) is 10.0 Å². The molecule has 4 nitrogen and oxygen atoms in total. The Bertz CT molecular complexity index is 545. The van der Waals surface area contributed by atoms with Crippen LogP contribution in [-0.4, -0.2) is 32.4 Å². The van der Waals surface area contributed by atoms with Crippen molar-refractivity contribution in [2.75, 3.05) is 13.6 Å². The number of sulfonamides is 1. The summed E-state index contributed by atoms with van der Waals surface area (Å²) in [5.74, 6) is 0.604. The second-order valence-corrected chi connectivity index (χ2v) is 8.79. The minimum Gasteiger partial charge on any atom is -0.315 e. The molecule has 1 N–H and O–H groups in total. The topological polar surface area (TPSA) is 49.4 Å². The largest absolute Gasteiger partial charge is 0.315 e. The van der Waals surface area contributed by atoms with E-state index in [1.54, 1.807) is 10.4 Å². The minimum atomic E-state index is -3.27. The van der Waals surface area contributed by atoms with Gasteiger partial charge < -0.3 is 5.32 Å². The fourth-order valence-corrected chi connectivity index (χ4v) is 5.50. The van der Waals surface area contributed by atoms with Crippen LogP contribution in [-0.2, 0) is 16.6 Å². The average molecular weight is 300 g/mol. The van der Waals surface area contributed by atoms with Gasteiger partial charge in [-0.25, -0.2) is 8.42 Å². The third-order valence-corrected chi connectivity index (χ3v) is 7.11. The van der Waals surface area contributed by atoms with Gasteiger partial charge in [-0.1, -0.05) is 0 Å². The van der Waals surface area contributed by atoms with Crippen molar-refractivity contribution in [2.45, 2.75) is 42.5 Å². The highest BCUT2D eigenvalue weighted by Gasteiger charge is 2.41. The summed E-state index contributed by atoms with van der Waals surface area (Å²) < 4.78 is 27.7. The van der Waals surface area contributed by atoms with E-state index in [0.29, 0.717) is 10.1 Å². The lowest BCUT2D eigenvalue weighted by molar-refractivity contribution is 0.390. The Morgan fingerprint density at radius 3 is 2.63 bits per heavy atom. The van der Waals surface area contributed by atoms with Crippen LogP contribution in [0.15, 0.2) is 16.3 Å². The van der Waals surface area contributed by atoms with Crippen LogP contribution in [0.5, 0.6) is 0 Å². The number of thiophene rings is 1. The standard InChI is InChI=1S/C13H20N2O2S2/c1-14-8-12-6-7-13(18-12)19(16,17)15(11-4-5-11)9-10-2-3-10/h6-7,10-11,14H,2-5,8-9H2,1H3. The van der Waals surface area contributed by atoms with Gasteiger partial charge in [0.15, 0.2) is 0 Å². The molecule has 2 aliphatic rings. The summed E-state index contributed by atoms with van der Waals surface area (Å²) in [5.41, 5.74) is 0. The maximum absolute atomic E-state index is 12.7. The molecule has 0 aliphatic heterocycles. The zero-order valence-corrected chi connectivity index (χ0v) is 12.8. The highest BCUT2D eigenvalue weighted by molar-refractivity contribution is 7.91. The van der Waals surface area contributed by atoms with Crippen molar-refractivity contribution in [3.8, 4) is 0 Å². The summed E-state index contributed by atoms with van der Waals surface area (Å²) >= 11 is 1.39. The van der Waals surface area contributed by atoms with Crippen molar-refractivity contribution in [3.05, 3.63) is 17.0 Å². The summed E-state index contributed by atoms with van der Waals surface area (Å²) in [4.78, 5) is 1.07. The highest BCUT2D eigenvalue weighted by atomic mass is 32.2. The zero-order valence-electron chi connectivity index (χ0n) is 11.1. The number of rotatable bonds is 7. The molecule has 1 aromatic heterocycles. The van der Waals surface area contributed by atoms with E-state index >= 15 is 0 Å². The molecule has 0 unspecified atom stereocenters. The van der Waals surface area contributed by atoms with Crippen LogP contribution < -0.4 is 5.32 Å². The Kier molecular flexibility index (Phi) is 3.68. The monoisotopic (exact) mass is 300 g/mol. The number of nitrogens with zero attached hydrogens (tertiary/aromatic N) is 1. The Hall–Kier alpha value is -0.430. The zero-order chi connectivity index (χ0) is 13.5. The van der Waals surface area contributed by atoms with Crippen LogP contribution in [0, 0.1) is 5.92 Å². The van der Waals surface area contributed by atoms with Gasteiger partial charge in [-0.05, 0) is 50.8 Å². The molecule has 2 fully saturated rings. The van der Waals surface area contributed by atoms with Crippen molar-refractivity contribution in [2.24, 2.45) is 5.92 Å². The number of nitrogens with one attached hydrogen (secondary N) is 1. The van der Waals surface area contributed by atoms with E-state index in [4.69, 9.17) is 0 Å². The maximum Gasteiger partial charge on any atom is 0.252 e. The van der Waals surface area contributed by atoms with Crippen LogP contribution in [0.1, 0.15) is 30.6 Å². The molecule has 0 atom stereocenters. The summed E-state index contributed by atoms with van der Waals surface area (Å²) in [6.45, 7) is 1.46. The quantitative estimate of drug-likeness (QED) is 0.838. The Labute approximate surface area is 118 Å². The molecule has 19 heavy (non-hydrogen) atoms. The molecule has 0 radical (unpaired) electrons. The van der Waals surface area contributed by atoms with Gasteiger partial charge in [-0.3, -0.25) is 0 Å². The Morgan fingerprint density at radius 1 is 1.32 bits per heavy atom. The van der Waals surface area contributed by atoms with E-state index in [1.165, 1.54) is 24.2 Å². The summed E-state index contributed by atoms with van der Waals surface area (Å²) in [6.07, 6.45) is 4.43. The van der Waals surface area contributed by atoms with Crippen LogP contribution in [0.3, 0.4) is 0 Å². The lowest BCUT2D eigenvalue weighted by Gasteiger charge is -2.20. The van der Waals surface area contributed by atoms with Crippen molar-refractivity contribution < 1.29 is 8.42 Å². The van der Waals surface area contributed by atoms with Crippen molar-refractivity contribution >= 4 is 21.4 Å². The molecule has 0 saturated heterocycles. The smallest absolute Gasteiger partial charge is 0.252 e. The fourth-order valence-electron chi connectivity index (χ4n) is 2.24. The predicted molar refractivity (Wildman–Crippen MR) is 76.7 cm³/mol. The molecule has 2 saturated carbocycles. The van der Waals surface area contributed by atoms with Gasteiger partial charge in [0, 0.05) is 24.0 Å². The molecule has 0 aromatic carbocycles. The third kappa shape index (κ3) is 3.02. The first-order valence-corrected chi connectivity index (χ1v) is 9.12. The van der Waals surface area contributed by atoms with Gasteiger partial charge >= 0.3 is 0 Å². The molecule has 0 bridgehead atoms. The molecule has 1 aromatic rings. The average Bonchev–Trinajstić information content (AvgIpc) is 3.27. The lowest BCUT2D eigenvalue weighted by Crippen LogP contribution is -2.34. The molecule has 0 spiro atoms. The highest BCUT2D eigenvalue weighted by Crippen LogP contribution is 2.39. The molecule has 106 valence electrons. The second kappa shape index (κ2) is 5.16. The van der Waals surface area contributed by atoms with Crippen LogP contribution in [0.4, 0.5) is 0 Å². The molecule has 2 aliphatic carbocycles. The van der Waals surface area contributed by atoms with E-state index in [0.717, 1.165) is 30.8 Å². The van der Waals surface area contributed by atoms with Crippen molar-refractivity contribution in [1.82, 2.24) is 9.62 Å². The van der Waals surface area contributed by atoms with Gasteiger partial charge in [0.05, 0.1) is 0 Å².